The lowest BCUT2D eigenvalue weighted by molar-refractivity contribution is -0.116. The Balaban J connectivity index is 0.000000145. The Morgan fingerprint density at radius 2 is 1.20 bits per heavy atom. The molecule has 0 atom stereocenters. The molecule has 0 spiro atoms. The SMILES string of the molecule is O=C1NC(=O)C(=Cc2ccc3c(c2)CCO3)S1.O=C1NC(=O)C(=Cc2ccc3c(c2)OCCO3)S1. The van der Waals surface area contributed by atoms with Crippen LogP contribution in [0.1, 0.15) is 16.7 Å². The largest absolute Gasteiger partial charge is 0.493 e. The summed E-state index contributed by atoms with van der Waals surface area (Å²) in [5.74, 6) is 1.58. The number of thioether (sulfide) groups is 2. The maximum absolute atomic E-state index is 11.4. The summed E-state index contributed by atoms with van der Waals surface area (Å²) < 4.78 is 16.3. The van der Waals surface area contributed by atoms with Crippen LogP contribution in [0.5, 0.6) is 17.2 Å². The molecule has 35 heavy (non-hydrogen) atoms. The first-order valence-electron chi connectivity index (χ1n) is 10.6. The Morgan fingerprint density at radius 1 is 0.657 bits per heavy atom. The normalized spacial score (nSPS) is 20.2. The summed E-state index contributed by atoms with van der Waals surface area (Å²) >= 11 is 1.83. The van der Waals surface area contributed by atoms with E-state index in [0.29, 0.717) is 41.1 Å². The van der Waals surface area contributed by atoms with E-state index in [1.807, 2.05) is 24.3 Å². The number of ether oxygens (including phenoxy) is 3. The smallest absolute Gasteiger partial charge is 0.290 e. The zero-order valence-electron chi connectivity index (χ0n) is 18.1. The number of amides is 4. The van der Waals surface area contributed by atoms with Crippen LogP contribution < -0.4 is 24.8 Å². The molecule has 0 aliphatic carbocycles. The summed E-state index contributed by atoms with van der Waals surface area (Å²) in [5, 5.41) is 3.78. The molecule has 4 heterocycles. The molecule has 2 aromatic rings. The first kappa shape index (κ1) is 23.1. The Kier molecular flexibility index (Phi) is 6.51. The van der Waals surface area contributed by atoms with Gasteiger partial charge in [0.05, 0.1) is 16.4 Å². The van der Waals surface area contributed by atoms with E-state index in [-0.39, 0.29) is 22.3 Å². The van der Waals surface area contributed by atoms with E-state index in [2.05, 4.69) is 10.6 Å². The minimum absolute atomic E-state index is 0.314. The zero-order valence-corrected chi connectivity index (χ0v) is 19.8. The van der Waals surface area contributed by atoms with Gasteiger partial charge in [-0.05, 0) is 76.6 Å². The average molecular weight is 511 g/mol. The standard InChI is InChI=1S/C12H9NO4S.C12H9NO3S/c14-11-10(18-12(15)13-11)6-7-1-2-8-9(5-7)17-4-3-16-8;14-11-10(17-12(15)13-11)6-7-1-2-9-8(5-7)3-4-16-9/h1-2,5-6H,3-4H2,(H,13,14,15);1-2,5-6H,3-4H2,(H,13,14,15). The van der Waals surface area contributed by atoms with E-state index in [0.717, 1.165) is 52.4 Å². The lowest BCUT2D eigenvalue weighted by Crippen LogP contribution is -2.17. The van der Waals surface area contributed by atoms with Gasteiger partial charge in [0.2, 0.25) is 0 Å². The lowest BCUT2D eigenvalue weighted by Gasteiger charge is -2.18. The third-order valence-corrected chi connectivity index (χ3v) is 6.78. The highest BCUT2D eigenvalue weighted by atomic mass is 32.2. The van der Waals surface area contributed by atoms with Gasteiger partial charge in [-0.1, -0.05) is 12.1 Å². The second-order valence-electron chi connectivity index (χ2n) is 7.57. The van der Waals surface area contributed by atoms with Gasteiger partial charge < -0.3 is 14.2 Å². The molecule has 4 aliphatic heterocycles. The number of rotatable bonds is 2. The van der Waals surface area contributed by atoms with Crippen LogP contribution in [-0.2, 0) is 16.0 Å². The highest BCUT2D eigenvalue weighted by Crippen LogP contribution is 2.33. The predicted molar refractivity (Wildman–Crippen MR) is 131 cm³/mol. The van der Waals surface area contributed by atoms with Gasteiger partial charge in [-0.25, -0.2) is 0 Å². The molecule has 0 bridgehead atoms. The first-order chi connectivity index (χ1) is 16.9. The molecule has 0 unspecified atom stereocenters. The van der Waals surface area contributed by atoms with Crippen molar-refractivity contribution in [3.8, 4) is 17.2 Å². The highest BCUT2D eigenvalue weighted by molar-refractivity contribution is 8.18. The summed E-state index contributed by atoms with van der Waals surface area (Å²) in [6, 6.07) is 11.2. The molecule has 9 nitrogen and oxygen atoms in total. The zero-order chi connectivity index (χ0) is 24.4. The molecule has 6 rings (SSSR count). The fourth-order valence-electron chi connectivity index (χ4n) is 3.59. The van der Waals surface area contributed by atoms with Gasteiger partial charge in [0.15, 0.2) is 11.5 Å². The molecule has 178 valence electrons. The Hall–Kier alpha value is -3.70. The molecule has 4 amide bonds. The van der Waals surface area contributed by atoms with Crippen molar-refractivity contribution in [2.24, 2.45) is 0 Å². The van der Waals surface area contributed by atoms with E-state index in [1.165, 1.54) is 0 Å². The maximum Gasteiger partial charge on any atom is 0.290 e. The Morgan fingerprint density at radius 3 is 1.80 bits per heavy atom. The summed E-state index contributed by atoms with van der Waals surface area (Å²) in [6.07, 6.45) is 4.28. The van der Waals surface area contributed by atoms with Gasteiger partial charge in [0, 0.05) is 6.42 Å². The fourth-order valence-corrected chi connectivity index (χ4v) is 4.96. The number of fused-ring (bicyclic) bond motifs is 2. The van der Waals surface area contributed by atoms with Gasteiger partial charge in [0.25, 0.3) is 22.3 Å². The van der Waals surface area contributed by atoms with Crippen LogP contribution in [0.3, 0.4) is 0 Å². The minimum Gasteiger partial charge on any atom is -0.493 e. The maximum atomic E-state index is 11.4. The lowest BCUT2D eigenvalue weighted by atomic mass is 10.1. The number of carbonyl (C=O) groups excluding carboxylic acids is 4. The second kappa shape index (κ2) is 9.88. The van der Waals surface area contributed by atoms with Crippen LogP contribution >= 0.6 is 23.5 Å². The van der Waals surface area contributed by atoms with Crippen LogP contribution in [0.25, 0.3) is 12.2 Å². The van der Waals surface area contributed by atoms with Crippen LogP contribution in [0.15, 0.2) is 46.2 Å². The molecule has 11 heteroatoms. The van der Waals surface area contributed by atoms with Crippen molar-refractivity contribution in [1.29, 1.82) is 0 Å². The van der Waals surface area contributed by atoms with E-state index in [1.54, 1.807) is 24.3 Å². The summed E-state index contributed by atoms with van der Waals surface area (Å²) in [4.78, 5) is 45.6. The van der Waals surface area contributed by atoms with Crippen LogP contribution in [-0.4, -0.2) is 42.1 Å². The Bertz CT molecular complexity index is 1320. The molecular formula is C24H18N2O7S2. The monoisotopic (exact) mass is 510 g/mol. The molecule has 2 saturated heterocycles. The van der Waals surface area contributed by atoms with E-state index < -0.39 is 0 Å². The average Bonchev–Trinajstić information content (AvgIpc) is 3.52. The van der Waals surface area contributed by atoms with Crippen molar-refractivity contribution in [1.82, 2.24) is 10.6 Å². The topological polar surface area (TPSA) is 120 Å². The highest BCUT2D eigenvalue weighted by Gasteiger charge is 2.26. The number of imide groups is 2. The van der Waals surface area contributed by atoms with Crippen molar-refractivity contribution in [3.05, 3.63) is 62.9 Å². The molecule has 2 fully saturated rings. The third-order valence-electron chi connectivity index (χ3n) is 5.16. The molecule has 2 N–H and O–H groups in total. The fraction of sp³-hybridized carbons (Fsp3) is 0.167. The number of benzene rings is 2. The number of carbonyl (C=O) groups is 4. The van der Waals surface area contributed by atoms with Crippen molar-refractivity contribution in [3.63, 3.8) is 0 Å². The predicted octanol–water partition coefficient (Wildman–Crippen LogP) is 3.73. The third kappa shape index (κ3) is 5.36. The number of hydrogen-bond donors (Lipinski definition) is 2. The molecule has 0 radical (unpaired) electrons. The summed E-state index contributed by atoms with van der Waals surface area (Å²) in [6.45, 7) is 1.77. The van der Waals surface area contributed by atoms with Gasteiger partial charge in [0.1, 0.15) is 19.0 Å². The summed E-state index contributed by atoms with van der Waals surface area (Å²) in [5.41, 5.74) is 2.86. The van der Waals surface area contributed by atoms with E-state index >= 15 is 0 Å². The van der Waals surface area contributed by atoms with Crippen molar-refractivity contribution < 1.29 is 33.4 Å². The van der Waals surface area contributed by atoms with E-state index in [9.17, 15) is 19.2 Å². The second-order valence-corrected chi connectivity index (χ2v) is 9.60. The van der Waals surface area contributed by atoms with Crippen molar-refractivity contribution in [2.45, 2.75) is 6.42 Å². The number of hydrogen-bond acceptors (Lipinski definition) is 9. The molecular weight excluding hydrogens is 492 g/mol. The minimum atomic E-state index is -0.361. The first-order valence-corrected chi connectivity index (χ1v) is 12.2. The van der Waals surface area contributed by atoms with Crippen LogP contribution in [0.2, 0.25) is 0 Å². The quantitative estimate of drug-likeness (QED) is 0.582. The van der Waals surface area contributed by atoms with Gasteiger partial charge in [-0.3, -0.25) is 29.8 Å². The van der Waals surface area contributed by atoms with Crippen molar-refractivity contribution >= 4 is 58.0 Å². The van der Waals surface area contributed by atoms with Crippen LogP contribution in [0, 0.1) is 0 Å². The van der Waals surface area contributed by atoms with E-state index in [4.69, 9.17) is 14.2 Å². The molecule has 0 saturated carbocycles. The van der Waals surface area contributed by atoms with Gasteiger partial charge >= 0.3 is 0 Å². The number of nitrogens with one attached hydrogen (secondary N) is 2. The molecule has 4 aliphatic rings. The van der Waals surface area contributed by atoms with Crippen LogP contribution in [0.4, 0.5) is 9.59 Å². The Labute approximate surface area is 208 Å². The van der Waals surface area contributed by atoms with Crippen molar-refractivity contribution in [2.75, 3.05) is 19.8 Å². The molecule has 0 aromatic heterocycles. The summed E-state index contributed by atoms with van der Waals surface area (Å²) in [7, 11) is 0. The van der Waals surface area contributed by atoms with Gasteiger partial charge in [-0.2, -0.15) is 0 Å². The molecule has 2 aromatic carbocycles. The van der Waals surface area contributed by atoms with Gasteiger partial charge in [-0.15, -0.1) is 0 Å².